The molecule has 1 heterocycles. The Balaban J connectivity index is 2.30. The number of carbonyl (C=O) groups is 1. The first-order valence-corrected chi connectivity index (χ1v) is 5.00. The minimum Gasteiger partial charge on any atom is -0.411 e. The Labute approximate surface area is 83.8 Å². The van der Waals surface area contributed by atoms with Crippen LogP contribution in [0.3, 0.4) is 0 Å². The average molecular weight is 199 g/mol. The normalized spacial score (nSPS) is 16.6. The van der Waals surface area contributed by atoms with Crippen LogP contribution in [-0.2, 0) is 0 Å². The lowest BCUT2D eigenvalue weighted by Crippen LogP contribution is -2.44. The third kappa shape index (κ3) is 2.90. The van der Waals surface area contributed by atoms with Crippen molar-refractivity contribution in [3.05, 3.63) is 0 Å². The molecule has 14 heavy (non-hydrogen) atoms. The van der Waals surface area contributed by atoms with Gasteiger partial charge in [-0.2, -0.15) is 0 Å². The van der Waals surface area contributed by atoms with Gasteiger partial charge in [-0.3, -0.25) is 0 Å². The number of rotatable bonds is 2. The SMILES string of the molecule is CCCNC(=O)N1CCC(=NO)CC1. The van der Waals surface area contributed by atoms with Crippen LogP contribution in [0.1, 0.15) is 26.2 Å². The van der Waals surface area contributed by atoms with Crippen molar-refractivity contribution in [2.75, 3.05) is 19.6 Å². The van der Waals surface area contributed by atoms with E-state index < -0.39 is 0 Å². The monoisotopic (exact) mass is 199 g/mol. The van der Waals surface area contributed by atoms with E-state index >= 15 is 0 Å². The van der Waals surface area contributed by atoms with Crippen LogP contribution in [0.5, 0.6) is 0 Å². The molecule has 5 nitrogen and oxygen atoms in total. The highest BCUT2D eigenvalue weighted by atomic mass is 16.4. The van der Waals surface area contributed by atoms with E-state index in [0.29, 0.717) is 25.9 Å². The predicted octanol–water partition coefficient (Wildman–Crippen LogP) is 1.03. The highest BCUT2D eigenvalue weighted by Crippen LogP contribution is 2.06. The maximum Gasteiger partial charge on any atom is 0.317 e. The summed E-state index contributed by atoms with van der Waals surface area (Å²) in [7, 11) is 0. The van der Waals surface area contributed by atoms with E-state index in [1.165, 1.54) is 0 Å². The lowest BCUT2D eigenvalue weighted by atomic mass is 10.1. The Kier molecular flexibility index (Phi) is 4.22. The first kappa shape index (κ1) is 10.8. The van der Waals surface area contributed by atoms with E-state index in [9.17, 15) is 4.79 Å². The molecule has 1 rings (SSSR count). The number of hydrogen-bond acceptors (Lipinski definition) is 3. The number of amides is 2. The molecule has 0 aromatic heterocycles. The molecule has 0 radical (unpaired) electrons. The largest absolute Gasteiger partial charge is 0.411 e. The summed E-state index contributed by atoms with van der Waals surface area (Å²) in [6.45, 7) is 4.03. The second-order valence-corrected chi connectivity index (χ2v) is 3.39. The molecular formula is C9H17N3O2. The molecule has 0 spiro atoms. The van der Waals surface area contributed by atoms with Gasteiger partial charge in [-0.05, 0) is 6.42 Å². The highest BCUT2D eigenvalue weighted by molar-refractivity contribution is 5.86. The third-order valence-corrected chi connectivity index (χ3v) is 2.30. The topological polar surface area (TPSA) is 64.9 Å². The van der Waals surface area contributed by atoms with Crippen LogP contribution in [0.2, 0.25) is 0 Å². The van der Waals surface area contributed by atoms with Gasteiger partial charge >= 0.3 is 6.03 Å². The van der Waals surface area contributed by atoms with Crippen molar-refractivity contribution in [1.29, 1.82) is 0 Å². The maximum absolute atomic E-state index is 11.5. The Morgan fingerprint density at radius 3 is 2.71 bits per heavy atom. The average Bonchev–Trinajstić information content (AvgIpc) is 2.26. The van der Waals surface area contributed by atoms with Crippen LogP contribution in [0.25, 0.3) is 0 Å². The molecule has 0 aromatic carbocycles. The summed E-state index contributed by atoms with van der Waals surface area (Å²) in [6.07, 6.45) is 2.30. The van der Waals surface area contributed by atoms with Gasteiger partial charge in [0, 0.05) is 32.5 Å². The molecule has 0 aliphatic carbocycles. The van der Waals surface area contributed by atoms with Crippen molar-refractivity contribution < 1.29 is 10.0 Å². The Morgan fingerprint density at radius 2 is 2.21 bits per heavy atom. The zero-order valence-corrected chi connectivity index (χ0v) is 8.49. The Bertz CT molecular complexity index is 218. The number of oxime groups is 1. The molecule has 0 atom stereocenters. The van der Waals surface area contributed by atoms with Crippen LogP contribution in [0.15, 0.2) is 5.16 Å². The van der Waals surface area contributed by atoms with Crippen LogP contribution in [0.4, 0.5) is 4.79 Å². The standard InChI is InChI=1S/C9H17N3O2/c1-2-5-10-9(13)12-6-3-8(11-14)4-7-12/h14H,2-7H2,1H3,(H,10,13). The van der Waals surface area contributed by atoms with Gasteiger partial charge in [0.1, 0.15) is 0 Å². The number of carbonyl (C=O) groups excluding carboxylic acids is 1. The number of nitrogens with zero attached hydrogens (tertiary/aromatic N) is 2. The van der Waals surface area contributed by atoms with Crippen LogP contribution >= 0.6 is 0 Å². The van der Waals surface area contributed by atoms with E-state index in [1.54, 1.807) is 4.90 Å². The van der Waals surface area contributed by atoms with E-state index in [1.807, 2.05) is 6.92 Å². The Hall–Kier alpha value is -1.26. The number of nitrogens with one attached hydrogen (secondary N) is 1. The molecule has 1 aliphatic heterocycles. The van der Waals surface area contributed by atoms with Crippen molar-refractivity contribution in [3.8, 4) is 0 Å². The van der Waals surface area contributed by atoms with E-state index in [4.69, 9.17) is 5.21 Å². The number of likely N-dealkylation sites (tertiary alicyclic amines) is 1. The summed E-state index contributed by atoms with van der Waals surface area (Å²) in [5.74, 6) is 0. The lowest BCUT2D eigenvalue weighted by molar-refractivity contribution is 0.196. The lowest BCUT2D eigenvalue weighted by Gasteiger charge is -2.27. The van der Waals surface area contributed by atoms with Gasteiger partial charge in [0.05, 0.1) is 5.71 Å². The summed E-state index contributed by atoms with van der Waals surface area (Å²) in [5.41, 5.74) is 0.782. The zero-order valence-electron chi connectivity index (χ0n) is 8.49. The summed E-state index contributed by atoms with van der Waals surface area (Å²) in [6, 6.07) is -0.0103. The van der Waals surface area contributed by atoms with Gasteiger partial charge in [0.25, 0.3) is 0 Å². The molecule has 1 fully saturated rings. The quantitative estimate of drug-likeness (QED) is 0.515. The van der Waals surface area contributed by atoms with Gasteiger partial charge in [-0.25, -0.2) is 4.79 Å². The first-order valence-electron chi connectivity index (χ1n) is 5.00. The molecule has 80 valence electrons. The second kappa shape index (κ2) is 5.47. The van der Waals surface area contributed by atoms with Crippen molar-refractivity contribution in [2.45, 2.75) is 26.2 Å². The minimum atomic E-state index is -0.0103. The van der Waals surface area contributed by atoms with Crippen LogP contribution in [-0.4, -0.2) is 41.5 Å². The van der Waals surface area contributed by atoms with Gasteiger partial charge in [-0.1, -0.05) is 12.1 Å². The van der Waals surface area contributed by atoms with Gasteiger partial charge in [0.2, 0.25) is 0 Å². The molecule has 5 heteroatoms. The first-order chi connectivity index (χ1) is 6.77. The smallest absolute Gasteiger partial charge is 0.317 e. The van der Waals surface area contributed by atoms with Crippen molar-refractivity contribution in [2.24, 2.45) is 5.16 Å². The fraction of sp³-hybridized carbons (Fsp3) is 0.778. The molecule has 0 saturated carbocycles. The van der Waals surface area contributed by atoms with E-state index in [-0.39, 0.29) is 6.03 Å². The molecular weight excluding hydrogens is 182 g/mol. The number of urea groups is 1. The predicted molar refractivity (Wildman–Crippen MR) is 53.7 cm³/mol. The van der Waals surface area contributed by atoms with Crippen molar-refractivity contribution in [3.63, 3.8) is 0 Å². The van der Waals surface area contributed by atoms with Crippen LogP contribution < -0.4 is 5.32 Å². The molecule has 2 N–H and O–H groups in total. The van der Waals surface area contributed by atoms with Gasteiger partial charge in [0.15, 0.2) is 0 Å². The number of hydrogen-bond donors (Lipinski definition) is 2. The highest BCUT2D eigenvalue weighted by Gasteiger charge is 2.19. The zero-order chi connectivity index (χ0) is 10.4. The minimum absolute atomic E-state index is 0.0103. The van der Waals surface area contributed by atoms with Crippen molar-refractivity contribution >= 4 is 11.7 Å². The molecule has 0 aromatic rings. The summed E-state index contributed by atoms with van der Waals surface area (Å²) >= 11 is 0. The summed E-state index contributed by atoms with van der Waals surface area (Å²) in [4.78, 5) is 13.2. The molecule has 2 amide bonds. The van der Waals surface area contributed by atoms with Crippen LogP contribution in [0, 0.1) is 0 Å². The fourth-order valence-electron chi connectivity index (χ4n) is 1.41. The summed E-state index contributed by atoms with van der Waals surface area (Å²) in [5, 5.41) is 14.5. The third-order valence-electron chi connectivity index (χ3n) is 2.30. The molecule has 1 saturated heterocycles. The van der Waals surface area contributed by atoms with E-state index in [2.05, 4.69) is 10.5 Å². The number of piperidine rings is 1. The molecule has 1 aliphatic rings. The summed E-state index contributed by atoms with van der Waals surface area (Å²) < 4.78 is 0. The molecule has 0 unspecified atom stereocenters. The van der Waals surface area contributed by atoms with Gasteiger partial charge in [-0.15, -0.1) is 0 Å². The maximum atomic E-state index is 11.5. The Morgan fingerprint density at radius 1 is 1.57 bits per heavy atom. The van der Waals surface area contributed by atoms with E-state index in [0.717, 1.165) is 18.7 Å². The fourth-order valence-corrected chi connectivity index (χ4v) is 1.41. The van der Waals surface area contributed by atoms with Crippen molar-refractivity contribution in [1.82, 2.24) is 10.2 Å². The van der Waals surface area contributed by atoms with Gasteiger partial charge < -0.3 is 15.4 Å². The molecule has 0 bridgehead atoms. The second-order valence-electron chi connectivity index (χ2n) is 3.39.